The largest absolute Gasteiger partial charge is 0.468 e. The summed E-state index contributed by atoms with van der Waals surface area (Å²) in [6, 6.07) is 8.60. The maximum Gasteiger partial charge on any atom is 0.327 e. The second-order valence-electron chi connectivity index (χ2n) is 4.08. The highest BCUT2D eigenvalue weighted by Crippen LogP contribution is 2.14. The summed E-state index contributed by atoms with van der Waals surface area (Å²) < 4.78 is 4.74. The Morgan fingerprint density at radius 3 is 2.44 bits per heavy atom. The molecule has 0 saturated heterocycles. The minimum Gasteiger partial charge on any atom is -0.468 e. The first kappa shape index (κ1) is 14.2. The number of methoxy groups -OCH3 is 1. The van der Waals surface area contributed by atoms with Crippen LogP contribution in [0.4, 0.5) is 0 Å². The highest BCUT2D eigenvalue weighted by atomic mass is 16.5. The average molecular weight is 250 g/mol. The molecule has 2 atom stereocenters. The quantitative estimate of drug-likeness (QED) is 0.725. The third-order valence-corrected chi connectivity index (χ3v) is 2.68. The number of rotatable bonds is 6. The van der Waals surface area contributed by atoms with Crippen LogP contribution >= 0.6 is 0 Å². The second kappa shape index (κ2) is 6.76. The van der Waals surface area contributed by atoms with E-state index in [1.807, 2.05) is 30.3 Å². The number of nitrogens with one attached hydrogen (secondary N) is 1. The van der Waals surface area contributed by atoms with Crippen molar-refractivity contribution in [1.29, 1.82) is 0 Å². The van der Waals surface area contributed by atoms with Crippen LogP contribution in [0.15, 0.2) is 30.3 Å². The van der Waals surface area contributed by atoms with E-state index in [1.54, 1.807) is 6.92 Å². The molecule has 1 aromatic rings. The first-order valence-electron chi connectivity index (χ1n) is 5.71. The summed E-state index contributed by atoms with van der Waals surface area (Å²) in [6.07, 6.45) is 0. The van der Waals surface area contributed by atoms with Gasteiger partial charge in [-0.3, -0.25) is 10.1 Å². The molecule has 18 heavy (non-hydrogen) atoms. The summed E-state index contributed by atoms with van der Waals surface area (Å²) >= 11 is 0. The van der Waals surface area contributed by atoms with Gasteiger partial charge in [0.15, 0.2) is 0 Å². The molecule has 5 heteroatoms. The lowest BCUT2D eigenvalue weighted by Crippen LogP contribution is -2.36. The Bertz CT molecular complexity index is 406. The van der Waals surface area contributed by atoms with E-state index in [-0.39, 0.29) is 5.92 Å². The number of hydrogen-bond acceptors (Lipinski definition) is 4. The summed E-state index contributed by atoms with van der Waals surface area (Å²) in [5, 5.41) is 2.99. The predicted octanol–water partition coefficient (Wildman–Crippen LogP) is 0.612. The molecular formula is C13H18N2O3. The van der Waals surface area contributed by atoms with E-state index in [0.29, 0.717) is 6.54 Å². The van der Waals surface area contributed by atoms with Gasteiger partial charge in [-0.15, -0.1) is 0 Å². The van der Waals surface area contributed by atoms with Gasteiger partial charge in [0.05, 0.1) is 7.11 Å². The van der Waals surface area contributed by atoms with Crippen LogP contribution in [-0.4, -0.2) is 25.5 Å². The van der Waals surface area contributed by atoms with Gasteiger partial charge in [-0.25, -0.2) is 4.79 Å². The Morgan fingerprint density at radius 1 is 1.33 bits per heavy atom. The van der Waals surface area contributed by atoms with Crippen LogP contribution in [0.5, 0.6) is 0 Å². The number of primary amides is 1. The van der Waals surface area contributed by atoms with Crippen molar-refractivity contribution in [3.63, 3.8) is 0 Å². The summed E-state index contributed by atoms with van der Waals surface area (Å²) in [7, 11) is 1.33. The molecule has 98 valence electrons. The van der Waals surface area contributed by atoms with Gasteiger partial charge in [-0.2, -0.15) is 0 Å². The maximum absolute atomic E-state index is 11.7. The Morgan fingerprint density at radius 2 is 1.94 bits per heavy atom. The van der Waals surface area contributed by atoms with Crippen LogP contribution in [0.25, 0.3) is 0 Å². The highest BCUT2D eigenvalue weighted by molar-refractivity contribution is 5.78. The third kappa shape index (κ3) is 3.85. The number of nitrogens with two attached hydrogens (primary N) is 1. The standard InChI is InChI=1S/C13H18N2O3/c1-9(12(14)16)8-15-11(13(17)18-2)10-6-4-3-5-7-10/h3-7,9,11,15H,8H2,1-2H3,(H2,14,16). The normalized spacial score (nSPS) is 13.7. The highest BCUT2D eigenvalue weighted by Gasteiger charge is 2.22. The van der Waals surface area contributed by atoms with Crippen LogP contribution in [0, 0.1) is 5.92 Å². The van der Waals surface area contributed by atoms with E-state index in [0.717, 1.165) is 5.56 Å². The molecule has 1 amide bonds. The lowest BCUT2D eigenvalue weighted by Gasteiger charge is -2.18. The Kier molecular flexibility index (Phi) is 5.32. The molecule has 0 aliphatic rings. The molecule has 1 aromatic carbocycles. The van der Waals surface area contributed by atoms with Gasteiger partial charge in [0.25, 0.3) is 0 Å². The van der Waals surface area contributed by atoms with Crippen molar-refractivity contribution in [1.82, 2.24) is 5.32 Å². The monoisotopic (exact) mass is 250 g/mol. The van der Waals surface area contributed by atoms with Crippen molar-refractivity contribution in [3.8, 4) is 0 Å². The van der Waals surface area contributed by atoms with E-state index >= 15 is 0 Å². The first-order valence-corrected chi connectivity index (χ1v) is 5.71. The Hall–Kier alpha value is -1.88. The number of carbonyl (C=O) groups is 2. The molecule has 0 heterocycles. The van der Waals surface area contributed by atoms with Gasteiger partial charge in [0.2, 0.25) is 5.91 Å². The van der Waals surface area contributed by atoms with Crippen LogP contribution in [-0.2, 0) is 14.3 Å². The second-order valence-corrected chi connectivity index (χ2v) is 4.08. The van der Waals surface area contributed by atoms with Crippen LogP contribution < -0.4 is 11.1 Å². The lowest BCUT2D eigenvalue weighted by molar-refractivity contribution is -0.143. The summed E-state index contributed by atoms with van der Waals surface area (Å²) in [5.41, 5.74) is 5.97. The van der Waals surface area contributed by atoms with E-state index in [9.17, 15) is 9.59 Å². The molecular weight excluding hydrogens is 232 g/mol. The van der Waals surface area contributed by atoms with Crippen molar-refractivity contribution in [2.75, 3.05) is 13.7 Å². The van der Waals surface area contributed by atoms with Gasteiger partial charge in [-0.05, 0) is 5.56 Å². The molecule has 0 saturated carbocycles. The van der Waals surface area contributed by atoms with E-state index < -0.39 is 17.9 Å². The SMILES string of the molecule is COC(=O)C(NCC(C)C(N)=O)c1ccccc1. The minimum atomic E-state index is -0.585. The predicted molar refractivity (Wildman–Crippen MR) is 67.6 cm³/mol. The molecule has 0 fully saturated rings. The molecule has 0 aliphatic carbocycles. The summed E-state index contributed by atoms with van der Waals surface area (Å²) in [6.45, 7) is 2.03. The van der Waals surface area contributed by atoms with Crippen molar-refractivity contribution in [2.24, 2.45) is 11.7 Å². The number of amides is 1. The summed E-state index contributed by atoms with van der Waals surface area (Å²) in [5.74, 6) is -1.14. The molecule has 0 aliphatic heterocycles. The van der Waals surface area contributed by atoms with Crippen LogP contribution in [0.2, 0.25) is 0 Å². The fraction of sp³-hybridized carbons (Fsp3) is 0.385. The zero-order valence-corrected chi connectivity index (χ0v) is 10.6. The number of benzene rings is 1. The van der Waals surface area contributed by atoms with Crippen molar-refractivity contribution in [2.45, 2.75) is 13.0 Å². The number of carbonyl (C=O) groups excluding carboxylic acids is 2. The van der Waals surface area contributed by atoms with Crippen LogP contribution in [0.3, 0.4) is 0 Å². The van der Waals surface area contributed by atoms with E-state index in [2.05, 4.69) is 5.32 Å². The number of ether oxygens (including phenoxy) is 1. The fourth-order valence-electron chi connectivity index (χ4n) is 1.50. The Labute approximate surface area is 106 Å². The fourth-order valence-corrected chi connectivity index (χ4v) is 1.50. The topological polar surface area (TPSA) is 81.4 Å². The van der Waals surface area contributed by atoms with E-state index in [4.69, 9.17) is 10.5 Å². The van der Waals surface area contributed by atoms with E-state index in [1.165, 1.54) is 7.11 Å². The first-order chi connectivity index (χ1) is 8.56. The molecule has 0 aromatic heterocycles. The van der Waals surface area contributed by atoms with Crippen molar-refractivity contribution < 1.29 is 14.3 Å². The summed E-state index contributed by atoms with van der Waals surface area (Å²) in [4.78, 5) is 22.6. The lowest BCUT2D eigenvalue weighted by atomic mass is 10.1. The van der Waals surface area contributed by atoms with Gasteiger partial charge >= 0.3 is 5.97 Å². The molecule has 2 unspecified atom stereocenters. The van der Waals surface area contributed by atoms with Gasteiger partial charge < -0.3 is 10.5 Å². The van der Waals surface area contributed by atoms with Gasteiger partial charge in [-0.1, -0.05) is 37.3 Å². The number of esters is 1. The molecule has 0 spiro atoms. The minimum absolute atomic E-state index is 0.323. The maximum atomic E-state index is 11.7. The zero-order chi connectivity index (χ0) is 13.5. The van der Waals surface area contributed by atoms with Crippen molar-refractivity contribution in [3.05, 3.63) is 35.9 Å². The van der Waals surface area contributed by atoms with Crippen molar-refractivity contribution >= 4 is 11.9 Å². The molecule has 0 bridgehead atoms. The van der Waals surface area contributed by atoms with Gasteiger partial charge in [0, 0.05) is 12.5 Å². The molecule has 5 nitrogen and oxygen atoms in total. The van der Waals surface area contributed by atoms with Gasteiger partial charge in [0.1, 0.15) is 6.04 Å². The Balaban J connectivity index is 2.75. The third-order valence-electron chi connectivity index (χ3n) is 2.68. The zero-order valence-electron chi connectivity index (χ0n) is 10.6. The number of hydrogen-bond donors (Lipinski definition) is 2. The smallest absolute Gasteiger partial charge is 0.327 e. The molecule has 1 rings (SSSR count). The van der Waals surface area contributed by atoms with Crippen LogP contribution in [0.1, 0.15) is 18.5 Å². The molecule has 3 N–H and O–H groups in total. The molecule has 0 radical (unpaired) electrons. The average Bonchev–Trinajstić information content (AvgIpc) is 2.39.